The van der Waals surface area contributed by atoms with Crippen molar-refractivity contribution in [1.29, 1.82) is 0 Å². The zero-order chi connectivity index (χ0) is 16.7. The van der Waals surface area contributed by atoms with Gasteiger partial charge in [0.1, 0.15) is 5.69 Å². The van der Waals surface area contributed by atoms with E-state index in [1.807, 2.05) is 17.0 Å². The fraction of sp³-hybridized carbons (Fsp3) is 0.722. The van der Waals surface area contributed by atoms with E-state index in [0.717, 1.165) is 18.5 Å². The van der Waals surface area contributed by atoms with E-state index in [2.05, 4.69) is 11.9 Å². The van der Waals surface area contributed by atoms with Gasteiger partial charge >= 0.3 is 0 Å². The van der Waals surface area contributed by atoms with Gasteiger partial charge in [0.15, 0.2) is 0 Å². The Balaban J connectivity index is 1.63. The monoisotopic (exact) mass is 334 g/mol. The van der Waals surface area contributed by atoms with Crippen LogP contribution in [0.4, 0.5) is 0 Å². The summed E-state index contributed by atoms with van der Waals surface area (Å²) in [5.74, 6) is -0.0450. The van der Waals surface area contributed by atoms with Gasteiger partial charge in [-0.2, -0.15) is 0 Å². The van der Waals surface area contributed by atoms with Gasteiger partial charge in [-0.3, -0.25) is 4.79 Å². The molecule has 132 valence electrons. The summed E-state index contributed by atoms with van der Waals surface area (Å²) < 4.78 is 11.3. The molecule has 1 amide bonds. The zero-order valence-electron chi connectivity index (χ0n) is 14.2. The molecule has 3 fully saturated rings. The molecule has 2 N–H and O–H groups in total. The Bertz CT molecular complexity index is 616. The zero-order valence-corrected chi connectivity index (χ0v) is 14.2. The van der Waals surface area contributed by atoms with Crippen LogP contribution >= 0.6 is 0 Å². The maximum absolute atomic E-state index is 13.1. The SMILES string of the molecule is CCc1ccc(C(=O)N2C[C@@H]3COCC[C@]3(O)[C@H]3COCC[C@H]32)[nH]1. The molecular weight excluding hydrogens is 308 g/mol. The van der Waals surface area contributed by atoms with Crippen molar-refractivity contribution in [3.63, 3.8) is 0 Å². The third-order valence-corrected chi connectivity index (χ3v) is 6.07. The lowest BCUT2D eigenvalue weighted by Gasteiger charge is -2.57. The van der Waals surface area contributed by atoms with Crippen molar-refractivity contribution in [2.45, 2.75) is 37.8 Å². The van der Waals surface area contributed by atoms with E-state index in [0.29, 0.717) is 45.1 Å². The number of hydrogen-bond acceptors (Lipinski definition) is 4. The van der Waals surface area contributed by atoms with Gasteiger partial charge in [-0.15, -0.1) is 0 Å². The average Bonchev–Trinajstić information content (AvgIpc) is 3.10. The maximum Gasteiger partial charge on any atom is 0.270 e. The lowest BCUT2D eigenvalue weighted by Crippen LogP contribution is -2.68. The van der Waals surface area contributed by atoms with Crippen molar-refractivity contribution in [3.05, 3.63) is 23.5 Å². The molecule has 3 saturated heterocycles. The third kappa shape index (κ3) is 2.48. The Morgan fingerprint density at radius 1 is 1.38 bits per heavy atom. The topological polar surface area (TPSA) is 74.8 Å². The number of carbonyl (C=O) groups is 1. The Morgan fingerprint density at radius 3 is 3.00 bits per heavy atom. The summed E-state index contributed by atoms with van der Waals surface area (Å²) in [6.45, 7) is 4.88. The van der Waals surface area contributed by atoms with Gasteiger partial charge < -0.3 is 24.5 Å². The number of aryl methyl sites for hydroxylation is 1. The minimum atomic E-state index is -0.773. The number of hydrogen-bond donors (Lipinski definition) is 2. The summed E-state index contributed by atoms with van der Waals surface area (Å²) in [7, 11) is 0. The molecule has 1 aromatic rings. The molecule has 3 aliphatic heterocycles. The molecule has 0 saturated carbocycles. The molecular formula is C18H26N2O4. The highest BCUT2D eigenvalue weighted by atomic mass is 16.5. The molecule has 0 aromatic carbocycles. The number of amides is 1. The van der Waals surface area contributed by atoms with Gasteiger partial charge in [0, 0.05) is 49.8 Å². The average molecular weight is 334 g/mol. The number of nitrogens with one attached hydrogen (secondary N) is 1. The van der Waals surface area contributed by atoms with Crippen LogP contribution in [-0.4, -0.2) is 65.5 Å². The molecule has 4 atom stereocenters. The summed E-state index contributed by atoms with van der Waals surface area (Å²) in [6.07, 6.45) is 2.30. The summed E-state index contributed by atoms with van der Waals surface area (Å²) in [6, 6.07) is 3.88. The molecule has 6 heteroatoms. The van der Waals surface area contributed by atoms with Crippen LogP contribution in [0.2, 0.25) is 0 Å². The van der Waals surface area contributed by atoms with Crippen molar-refractivity contribution < 1.29 is 19.4 Å². The Kier molecular flexibility index (Phi) is 4.14. The van der Waals surface area contributed by atoms with Crippen LogP contribution < -0.4 is 0 Å². The van der Waals surface area contributed by atoms with E-state index in [-0.39, 0.29) is 23.8 Å². The standard InChI is InChI=1S/C18H26N2O4/c1-2-13-3-4-15(19-13)17(21)20-9-12-10-24-8-6-18(12,22)14-11-23-7-5-16(14)20/h3-4,12,14,16,19,22H,2,5-11H2,1H3/t12-,14+,16-,18-/m1/s1. The summed E-state index contributed by atoms with van der Waals surface area (Å²) >= 11 is 0. The number of aliphatic hydroxyl groups is 1. The van der Waals surface area contributed by atoms with Crippen LogP contribution in [0.5, 0.6) is 0 Å². The molecule has 24 heavy (non-hydrogen) atoms. The molecule has 0 aliphatic carbocycles. The Labute approximate surface area is 142 Å². The lowest BCUT2D eigenvalue weighted by atomic mass is 9.66. The number of fused-ring (bicyclic) bond motifs is 3. The first-order chi connectivity index (χ1) is 11.6. The molecule has 6 nitrogen and oxygen atoms in total. The second-order valence-electron chi connectivity index (χ2n) is 7.26. The number of rotatable bonds is 2. The first-order valence-electron chi connectivity index (χ1n) is 9.00. The van der Waals surface area contributed by atoms with Gasteiger partial charge in [0.05, 0.1) is 18.8 Å². The van der Waals surface area contributed by atoms with Crippen molar-refractivity contribution in [2.24, 2.45) is 11.8 Å². The minimum Gasteiger partial charge on any atom is -0.389 e. The van der Waals surface area contributed by atoms with Crippen LogP contribution in [0.1, 0.15) is 35.9 Å². The fourth-order valence-corrected chi connectivity index (χ4v) is 4.62. The molecule has 4 heterocycles. The number of piperidine rings is 1. The van der Waals surface area contributed by atoms with E-state index < -0.39 is 5.60 Å². The highest BCUT2D eigenvalue weighted by Crippen LogP contribution is 2.44. The first-order valence-corrected chi connectivity index (χ1v) is 9.00. The van der Waals surface area contributed by atoms with Gasteiger partial charge in [-0.1, -0.05) is 6.92 Å². The van der Waals surface area contributed by atoms with Crippen LogP contribution in [0, 0.1) is 11.8 Å². The van der Waals surface area contributed by atoms with Crippen LogP contribution in [0.3, 0.4) is 0 Å². The summed E-state index contributed by atoms with van der Waals surface area (Å²) in [5.41, 5.74) is 0.931. The maximum atomic E-state index is 13.1. The molecule has 1 aromatic heterocycles. The van der Waals surface area contributed by atoms with Gasteiger partial charge in [0.25, 0.3) is 5.91 Å². The number of aromatic nitrogens is 1. The first kappa shape index (κ1) is 16.1. The van der Waals surface area contributed by atoms with E-state index in [1.165, 1.54) is 0 Å². The van der Waals surface area contributed by atoms with Crippen molar-refractivity contribution in [2.75, 3.05) is 33.0 Å². The highest BCUT2D eigenvalue weighted by molar-refractivity contribution is 5.93. The van der Waals surface area contributed by atoms with Gasteiger partial charge in [-0.25, -0.2) is 0 Å². The smallest absolute Gasteiger partial charge is 0.270 e. The minimum absolute atomic E-state index is 0.0271. The molecule has 3 aliphatic rings. The normalized spacial score (nSPS) is 36.1. The lowest BCUT2D eigenvalue weighted by molar-refractivity contribution is -0.212. The van der Waals surface area contributed by atoms with E-state index in [4.69, 9.17) is 9.47 Å². The number of ether oxygens (including phenoxy) is 2. The van der Waals surface area contributed by atoms with Crippen molar-refractivity contribution >= 4 is 5.91 Å². The van der Waals surface area contributed by atoms with E-state index in [1.54, 1.807) is 0 Å². The number of aromatic amines is 1. The molecule has 4 rings (SSSR count). The summed E-state index contributed by atoms with van der Waals surface area (Å²) in [5, 5.41) is 11.3. The summed E-state index contributed by atoms with van der Waals surface area (Å²) in [4.78, 5) is 18.3. The molecule has 0 bridgehead atoms. The molecule has 0 unspecified atom stereocenters. The van der Waals surface area contributed by atoms with Crippen LogP contribution in [0.25, 0.3) is 0 Å². The van der Waals surface area contributed by atoms with Crippen LogP contribution in [0.15, 0.2) is 12.1 Å². The van der Waals surface area contributed by atoms with Crippen molar-refractivity contribution in [3.8, 4) is 0 Å². The number of nitrogens with zero attached hydrogens (tertiary/aromatic N) is 1. The quantitative estimate of drug-likeness (QED) is 0.852. The van der Waals surface area contributed by atoms with Crippen LogP contribution in [-0.2, 0) is 15.9 Å². The van der Waals surface area contributed by atoms with Crippen molar-refractivity contribution in [1.82, 2.24) is 9.88 Å². The third-order valence-electron chi connectivity index (χ3n) is 6.07. The second kappa shape index (κ2) is 6.17. The van der Waals surface area contributed by atoms with E-state index in [9.17, 15) is 9.90 Å². The molecule has 0 radical (unpaired) electrons. The largest absolute Gasteiger partial charge is 0.389 e. The van der Waals surface area contributed by atoms with Gasteiger partial charge in [0.2, 0.25) is 0 Å². The van der Waals surface area contributed by atoms with E-state index >= 15 is 0 Å². The number of carbonyl (C=O) groups excluding carboxylic acids is 1. The predicted molar refractivity (Wildman–Crippen MR) is 87.8 cm³/mol. The number of likely N-dealkylation sites (tertiary alicyclic amines) is 1. The highest BCUT2D eigenvalue weighted by Gasteiger charge is 2.56. The second-order valence-corrected chi connectivity index (χ2v) is 7.26. The Hall–Kier alpha value is -1.37. The molecule has 0 spiro atoms. The Morgan fingerprint density at radius 2 is 2.21 bits per heavy atom. The fourth-order valence-electron chi connectivity index (χ4n) is 4.62. The predicted octanol–water partition coefficient (Wildman–Crippen LogP) is 1.21. The number of H-pyrrole nitrogens is 1. The van der Waals surface area contributed by atoms with Gasteiger partial charge in [-0.05, 0) is 25.0 Å².